The average Bonchev–Trinajstić information content (AvgIpc) is 3.29. The van der Waals surface area contributed by atoms with Gasteiger partial charge in [-0.3, -0.25) is 4.79 Å². The lowest BCUT2D eigenvalue weighted by Gasteiger charge is -2.28. The molecule has 1 aromatic heterocycles. The van der Waals surface area contributed by atoms with Gasteiger partial charge in [0.15, 0.2) is 0 Å². The standard InChI is InChI=1S/C28H36BrN3O3S/c1-4-5-17-31(21-26-10-9-18-30(26)20-24-13-15-25(29)16-14-24)28(33)22-32(19-23(2)3)36(34,35)27-11-7-6-8-12-27/h6-16,18,23H,4-5,17,19-22H2,1-3H3. The second kappa shape index (κ2) is 13.2. The number of halogens is 1. The Morgan fingerprint density at radius 2 is 1.69 bits per heavy atom. The first-order valence-electron chi connectivity index (χ1n) is 12.4. The van der Waals surface area contributed by atoms with Gasteiger partial charge in [-0.15, -0.1) is 0 Å². The highest BCUT2D eigenvalue weighted by molar-refractivity contribution is 9.10. The van der Waals surface area contributed by atoms with E-state index in [-0.39, 0.29) is 29.8 Å². The SMILES string of the molecule is CCCCN(Cc1cccn1Cc1ccc(Br)cc1)C(=O)CN(CC(C)C)S(=O)(=O)c1ccccc1. The molecule has 0 saturated heterocycles. The van der Waals surface area contributed by atoms with E-state index >= 15 is 0 Å². The molecule has 0 N–H and O–H groups in total. The van der Waals surface area contributed by atoms with Gasteiger partial charge in [-0.1, -0.05) is 73.5 Å². The smallest absolute Gasteiger partial charge is 0.243 e. The lowest BCUT2D eigenvalue weighted by molar-refractivity contribution is -0.132. The summed E-state index contributed by atoms with van der Waals surface area (Å²) in [4.78, 5) is 15.6. The van der Waals surface area contributed by atoms with Crippen molar-refractivity contribution in [3.05, 3.63) is 88.7 Å². The number of unbranched alkanes of at least 4 members (excludes halogenated alkanes) is 1. The molecular weight excluding hydrogens is 538 g/mol. The number of benzene rings is 2. The Morgan fingerprint density at radius 3 is 2.33 bits per heavy atom. The maximum absolute atomic E-state index is 13.6. The van der Waals surface area contributed by atoms with E-state index < -0.39 is 10.0 Å². The predicted octanol–water partition coefficient (Wildman–Crippen LogP) is 5.77. The Bertz CT molecular complexity index is 1210. The van der Waals surface area contributed by atoms with E-state index in [2.05, 4.69) is 39.6 Å². The molecule has 0 aliphatic carbocycles. The fourth-order valence-electron chi connectivity index (χ4n) is 4.02. The number of carbonyl (C=O) groups excluding carboxylic acids is 1. The van der Waals surface area contributed by atoms with Crippen LogP contribution in [0.5, 0.6) is 0 Å². The van der Waals surface area contributed by atoms with E-state index in [9.17, 15) is 13.2 Å². The molecule has 194 valence electrons. The largest absolute Gasteiger partial charge is 0.345 e. The van der Waals surface area contributed by atoms with E-state index in [0.29, 0.717) is 19.6 Å². The van der Waals surface area contributed by atoms with Crippen LogP contribution in [0.4, 0.5) is 0 Å². The zero-order chi connectivity index (χ0) is 26.1. The summed E-state index contributed by atoms with van der Waals surface area (Å²) in [6, 6.07) is 20.6. The van der Waals surface area contributed by atoms with Gasteiger partial charge >= 0.3 is 0 Å². The number of nitrogens with zero attached hydrogens (tertiary/aromatic N) is 3. The van der Waals surface area contributed by atoms with E-state index in [1.807, 2.05) is 44.3 Å². The minimum Gasteiger partial charge on any atom is -0.345 e. The number of sulfonamides is 1. The van der Waals surface area contributed by atoms with Gasteiger partial charge in [0.05, 0.1) is 18.0 Å². The molecule has 0 atom stereocenters. The summed E-state index contributed by atoms with van der Waals surface area (Å²) >= 11 is 3.48. The normalized spacial score (nSPS) is 11.8. The van der Waals surface area contributed by atoms with Crippen molar-refractivity contribution in [3.63, 3.8) is 0 Å². The third-order valence-corrected chi connectivity index (χ3v) is 8.29. The van der Waals surface area contributed by atoms with Crippen LogP contribution >= 0.6 is 15.9 Å². The number of rotatable bonds is 13. The fourth-order valence-corrected chi connectivity index (χ4v) is 5.86. The van der Waals surface area contributed by atoms with E-state index in [1.165, 1.54) is 9.87 Å². The number of carbonyl (C=O) groups is 1. The van der Waals surface area contributed by atoms with Gasteiger partial charge in [0, 0.05) is 36.0 Å². The Balaban J connectivity index is 1.80. The molecule has 1 heterocycles. The highest BCUT2D eigenvalue weighted by Gasteiger charge is 2.29. The molecule has 0 aliphatic heterocycles. The molecule has 3 aromatic rings. The van der Waals surface area contributed by atoms with Crippen LogP contribution in [0.25, 0.3) is 0 Å². The maximum Gasteiger partial charge on any atom is 0.243 e. The molecule has 6 nitrogen and oxygen atoms in total. The highest BCUT2D eigenvalue weighted by atomic mass is 79.9. The van der Waals surface area contributed by atoms with Gasteiger partial charge in [0.1, 0.15) is 0 Å². The lowest BCUT2D eigenvalue weighted by atomic mass is 10.2. The van der Waals surface area contributed by atoms with Crippen LogP contribution in [0.15, 0.2) is 82.3 Å². The third-order valence-electron chi connectivity index (χ3n) is 5.94. The molecule has 0 unspecified atom stereocenters. The molecule has 0 aliphatic rings. The van der Waals surface area contributed by atoms with Crippen LogP contribution in [-0.4, -0.2) is 47.7 Å². The van der Waals surface area contributed by atoms with Crippen molar-refractivity contribution >= 4 is 31.9 Å². The van der Waals surface area contributed by atoms with Crippen LogP contribution in [0.1, 0.15) is 44.9 Å². The summed E-state index contributed by atoms with van der Waals surface area (Å²) in [5.41, 5.74) is 2.18. The van der Waals surface area contributed by atoms with Gasteiger partial charge in [-0.05, 0) is 54.3 Å². The van der Waals surface area contributed by atoms with Gasteiger partial charge in [0.25, 0.3) is 0 Å². The first-order chi connectivity index (χ1) is 17.2. The quantitative estimate of drug-likeness (QED) is 0.260. The molecule has 0 bridgehead atoms. The summed E-state index contributed by atoms with van der Waals surface area (Å²) in [6.45, 7) is 7.83. The van der Waals surface area contributed by atoms with Crippen LogP contribution in [-0.2, 0) is 27.9 Å². The minimum absolute atomic E-state index is 0.0866. The number of amides is 1. The monoisotopic (exact) mass is 573 g/mol. The van der Waals surface area contributed by atoms with E-state index in [4.69, 9.17) is 0 Å². The zero-order valence-corrected chi connectivity index (χ0v) is 23.7. The van der Waals surface area contributed by atoms with Crippen molar-refractivity contribution in [3.8, 4) is 0 Å². The summed E-state index contributed by atoms with van der Waals surface area (Å²) in [7, 11) is -3.78. The maximum atomic E-state index is 13.6. The molecule has 2 aromatic carbocycles. The summed E-state index contributed by atoms with van der Waals surface area (Å²) in [5, 5.41) is 0. The molecular formula is C28H36BrN3O3S. The van der Waals surface area contributed by atoms with Gasteiger partial charge in [-0.2, -0.15) is 4.31 Å². The molecule has 36 heavy (non-hydrogen) atoms. The molecule has 8 heteroatoms. The topological polar surface area (TPSA) is 62.6 Å². The average molecular weight is 575 g/mol. The molecule has 0 spiro atoms. The van der Waals surface area contributed by atoms with E-state index in [1.54, 1.807) is 35.2 Å². The number of hydrogen-bond acceptors (Lipinski definition) is 3. The highest BCUT2D eigenvalue weighted by Crippen LogP contribution is 2.19. The van der Waals surface area contributed by atoms with Crippen molar-refractivity contribution in [2.24, 2.45) is 5.92 Å². The van der Waals surface area contributed by atoms with Crippen LogP contribution in [0.3, 0.4) is 0 Å². The lowest BCUT2D eigenvalue weighted by Crippen LogP contribution is -2.44. The van der Waals surface area contributed by atoms with Gasteiger partial charge < -0.3 is 9.47 Å². The summed E-state index contributed by atoms with van der Waals surface area (Å²) in [6.07, 6.45) is 3.82. The van der Waals surface area contributed by atoms with Crippen molar-refractivity contribution in [1.82, 2.24) is 13.8 Å². The third kappa shape index (κ3) is 7.79. The molecule has 0 fully saturated rings. The Labute approximate surface area is 224 Å². The van der Waals surface area contributed by atoms with Crippen molar-refractivity contribution in [2.75, 3.05) is 19.6 Å². The van der Waals surface area contributed by atoms with Crippen LogP contribution in [0, 0.1) is 5.92 Å². The van der Waals surface area contributed by atoms with Crippen molar-refractivity contribution in [2.45, 2.75) is 51.6 Å². The van der Waals surface area contributed by atoms with Crippen molar-refractivity contribution < 1.29 is 13.2 Å². The number of aromatic nitrogens is 1. The Kier molecular flexibility index (Phi) is 10.3. The second-order valence-corrected chi connectivity index (χ2v) is 12.3. The van der Waals surface area contributed by atoms with Gasteiger partial charge in [-0.25, -0.2) is 8.42 Å². The first kappa shape index (κ1) is 28.2. The molecule has 0 saturated carbocycles. The van der Waals surface area contributed by atoms with Crippen LogP contribution < -0.4 is 0 Å². The summed E-state index contributed by atoms with van der Waals surface area (Å²) < 4.78 is 31.3. The fraction of sp³-hybridized carbons (Fsp3) is 0.393. The number of hydrogen-bond donors (Lipinski definition) is 0. The van der Waals surface area contributed by atoms with Crippen LogP contribution in [0.2, 0.25) is 0 Å². The van der Waals surface area contributed by atoms with Crippen molar-refractivity contribution in [1.29, 1.82) is 0 Å². The first-order valence-corrected chi connectivity index (χ1v) is 14.7. The minimum atomic E-state index is -3.78. The molecule has 1 amide bonds. The van der Waals surface area contributed by atoms with Gasteiger partial charge in [0.2, 0.25) is 15.9 Å². The Hall–Kier alpha value is -2.42. The summed E-state index contributed by atoms with van der Waals surface area (Å²) in [5.74, 6) is -0.0940. The predicted molar refractivity (Wildman–Crippen MR) is 148 cm³/mol. The second-order valence-electron chi connectivity index (χ2n) is 9.43. The van der Waals surface area contributed by atoms with E-state index in [0.717, 1.165) is 23.0 Å². The Morgan fingerprint density at radius 1 is 1.00 bits per heavy atom. The molecule has 0 radical (unpaired) electrons. The zero-order valence-electron chi connectivity index (χ0n) is 21.3. The molecule has 3 rings (SSSR count).